The summed E-state index contributed by atoms with van der Waals surface area (Å²) in [5.41, 5.74) is 0.851. The molecule has 0 saturated carbocycles. The first-order valence-corrected chi connectivity index (χ1v) is 5.08. The van der Waals surface area contributed by atoms with Crippen LogP contribution in [0.4, 0.5) is 0 Å². The SMILES string of the molecule is OCc1csc2c(O)c(S)ccc12. The van der Waals surface area contributed by atoms with Crippen molar-refractivity contribution in [1.29, 1.82) is 0 Å². The highest BCUT2D eigenvalue weighted by molar-refractivity contribution is 7.80. The fraction of sp³-hybridized carbons (Fsp3) is 0.111. The lowest BCUT2D eigenvalue weighted by atomic mass is 10.2. The molecule has 0 atom stereocenters. The molecule has 2 rings (SSSR count). The second-order valence-corrected chi connectivity index (χ2v) is 4.09. The molecule has 0 aliphatic rings. The van der Waals surface area contributed by atoms with Crippen molar-refractivity contribution < 1.29 is 10.2 Å². The zero-order valence-corrected chi connectivity index (χ0v) is 8.40. The lowest BCUT2D eigenvalue weighted by molar-refractivity contribution is 0.284. The molecule has 13 heavy (non-hydrogen) atoms. The minimum absolute atomic E-state index is 0.00532. The number of aromatic hydroxyl groups is 1. The number of fused-ring (bicyclic) bond motifs is 1. The number of rotatable bonds is 1. The summed E-state index contributed by atoms with van der Waals surface area (Å²) in [5.74, 6) is 0.200. The van der Waals surface area contributed by atoms with E-state index in [0.717, 1.165) is 15.6 Å². The number of phenolic OH excluding ortho intramolecular Hbond substituents is 1. The van der Waals surface area contributed by atoms with Crippen molar-refractivity contribution in [3.63, 3.8) is 0 Å². The molecule has 0 unspecified atom stereocenters. The summed E-state index contributed by atoms with van der Waals surface area (Å²) < 4.78 is 0.788. The zero-order chi connectivity index (χ0) is 9.42. The Kier molecular flexibility index (Phi) is 2.19. The predicted molar refractivity (Wildman–Crippen MR) is 56.7 cm³/mol. The molecule has 0 fully saturated rings. The maximum Gasteiger partial charge on any atom is 0.146 e. The number of hydrogen-bond donors (Lipinski definition) is 3. The topological polar surface area (TPSA) is 40.5 Å². The molecule has 1 heterocycles. The number of phenols is 1. The molecular formula is C9H8O2S2. The van der Waals surface area contributed by atoms with Crippen LogP contribution in [0.2, 0.25) is 0 Å². The van der Waals surface area contributed by atoms with Gasteiger partial charge in [-0.1, -0.05) is 6.07 Å². The summed E-state index contributed by atoms with van der Waals surface area (Å²) in [5, 5.41) is 21.4. The second-order valence-electron chi connectivity index (χ2n) is 2.73. The predicted octanol–water partition coefficient (Wildman–Crippen LogP) is 2.39. The van der Waals surface area contributed by atoms with Gasteiger partial charge in [-0.2, -0.15) is 0 Å². The fourth-order valence-corrected chi connectivity index (χ4v) is 2.52. The minimum Gasteiger partial charge on any atom is -0.505 e. The summed E-state index contributed by atoms with van der Waals surface area (Å²) >= 11 is 5.53. The molecule has 1 aromatic heterocycles. The molecular weight excluding hydrogens is 204 g/mol. The third-order valence-electron chi connectivity index (χ3n) is 1.95. The van der Waals surface area contributed by atoms with E-state index >= 15 is 0 Å². The van der Waals surface area contributed by atoms with Crippen LogP contribution in [-0.2, 0) is 6.61 Å². The number of hydrogen-bond acceptors (Lipinski definition) is 4. The highest BCUT2D eigenvalue weighted by Crippen LogP contribution is 2.37. The molecule has 0 saturated heterocycles. The van der Waals surface area contributed by atoms with Crippen LogP contribution in [0, 0.1) is 0 Å². The Hall–Kier alpha value is -0.710. The van der Waals surface area contributed by atoms with Gasteiger partial charge in [-0.3, -0.25) is 0 Å². The van der Waals surface area contributed by atoms with E-state index in [2.05, 4.69) is 12.6 Å². The van der Waals surface area contributed by atoms with Gasteiger partial charge in [0, 0.05) is 10.3 Å². The van der Waals surface area contributed by atoms with Gasteiger partial charge < -0.3 is 10.2 Å². The van der Waals surface area contributed by atoms with Gasteiger partial charge in [0.25, 0.3) is 0 Å². The van der Waals surface area contributed by atoms with Crippen LogP contribution in [0.3, 0.4) is 0 Å². The molecule has 0 amide bonds. The summed E-state index contributed by atoms with van der Waals surface area (Å²) in [6.45, 7) is 0.00532. The smallest absolute Gasteiger partial charge is 0.146 e. The Morgan fingerprint density at radius 2 is 2.15 bits per heavy atom. The molecule has 2 aromatic rings. The van der Waals surface area contributed by atoms with Crippen molar-refractivity contribution in [3.05, 3.63) is 23.1 Å². The van der Waals surface area contributed by atoms with Gasteiger partial charge in [-0.05, 0) is 17.0 Å². The molecule has 4 heteroatoms. The first kappa shape index (κ1) is 8.87. The molecule has 0 aliphatic heterocycles. The summed E-state index contributed by atoms with van der Waals surface area (Å²) in [4.78, 5) is 0.568. The quantitative estimate of drug-likeness (QED) is 0.635. The van der Waals surface area contributed by atoms with Crippen molar-refractivity contribution >= 4 is 34.1 Å². The second kappa shape index (κ2) is 3.21. The average Bonchev–Trinajstić information content (AvgIpc) is 2.55. The molecule has 68 valence electrons. The number of aliphatic hydroxyl groups excluding tert-OH is 1. The van der Waals surface area contributed by atoms with Gasteiger partial charge in [0.15, 0.2) is 0 Å². The van der Waals surface area contributed by atoms with Gasteiger partial charge in [0.1, 0.15) is 5.75 Å². The zero-order valence-electron chi connectivity index (χ0n) is 6.69. The maximum absolute atomic E-state index is 9.62. The Labute approximate surface area is 84.9 Å². The molecule has 0 aliphatic carbocycles. The highest BCUT2D eigenvalue weighted by atomic mass is 32.1. The molecule has 0 spiro atoms. The number of benzene rings is 1. The Morgan fingerprint density at radius 3 is 2.85 bits per heavy atom. The van der Waals surface area contributed by atoms with Gasteiger partial charge in [0.2, 0.25) is 0 Å². The highest BCUT2D eigenvalue weighted by Gasteiger charge is 2.08. The Morgan fingerprint density at radius 1 is 1.38 bits per heavy atom. The lowest BCUT2D eigenvalue weighted by Crippen LogP contribution is -1.78. The van der Waals surface area contributed by atoms with Crippen LogP contribution >= 0.6 is 24.0 Å². The van der Waals surface area contributed by atoms with E-state index in [-0.39, 0.29) is 12.4 Å². The number of thiol groups is 1. The average molecular weight is 212 g/mol. The third-order valence-corrected chi connectivity index (χ3v) is 3.36. The normalized spacial score (nSPS) is 10.9. The van der Waals surface area contributed by atoms with E-state index in [1.165, 1.54) is 11.3 Å². The van der Waals surface area contributed by atoms with Crippen LogP contribution in [0.5, 0.6) is 5.75 Å². The van der Waals surface area contributed by atoms with Crippen LogP contribution in [0.15, 0.2) is 22.4 Å². The van der Waals surface area contributed by atoms with E-state index in [1.54, 1.807) is 6.07 Å². The maximum atomic E-state index is 9.62. The van der Waals surface area contributed by atoms with E-state index < -0.39 is 0 Å². The van der Waals surface area contributed by atoms with Gasteiger partial charge in [-0.15, -0.1) is 24.0 Å². The first-order chi connectivity index (χ1) is 6.24. The van der Waals surface area contributed by atoms with Crippen molar-refractivity contribution in [1.82, 2.24) is 0 Å². The van der Waals surface area contributed by atoms with Crippen LogP contribution in [0.1, 0.15) is 5.56 Å². The monoisotopic (exact) mass is 212 g/mol. The number of thiophene rings is 1. The third kappa shape index (κ3) is 1.31. The lowest BCUT2D eigenvalue weighted by Gasteiger charge is -1.99. The van der Waals surface area contributed by atoms with Crippen molar-refractivity contribution in [2.45, 2.75) is 11.5 Å². The summed E-state index contributed by atoms with van der Waals surface area (Å²) in [6, 6.07) is 3.59. The van der Waals surface area contributed by atoms with Crippen LogP contribution in [-0.4, -0.2) is 10.2 Å². The standard InChI is InChI=1S/C9H8O2S2/c10-3-5-4-13-9-6(5)1-2-7(12)8(9)11/h1-2,4,10-12H,3H2. The van der Waals surface area contributed by atoms with Crippen LogP contribution < -0.4 is 0 Å². The molecule has 0 radical (unpaired) electrons. The van der Waals surface area contributed by atoms with E-state index in [9.17, 15) is 5.11 Å². The Balaban J connectivity index is 2.81. The van der Waals surface area contributed by atoms with Gasteiger partial charge in [0.05, 0.1) is 11.3 Å². The molecule has 0 bridgehead atoms. The van der Waals surface area contributed by atoms with Gasteiger partial charge >= 0.3 is 0 Å². The number of aliphatic hydroxyl groups is 1. The van der Waals surface area contributed by atoms with Crippen molar-refractivity contribution in [2.75, 3.05) is 0 Å². The van der Waals surface area contributed by atoms with Crippen LogP contribution in [0.25, 0.3) is 10.1 Å². The molecule has 1 aromatic carbocycles. The largest absolute Gasteiger partial charge is 0.505 e. The first-order valence-electron chi connectivity index (χ1n) is 3.76. The van der Waals surface area contributed by atoms with Crippen molar-refractivity contribution in [2.24, 2.45) is 0 Å². The summed E-state index contributed by atoms with van der Waals surface area (Å²) in [7, 11) is 0. The Bertz CT molecular complexity index is 448. The van der Waals surface area contributed by atoms with Crippen molar-refractivity contribution in [3.8, 4) is 5.75 Å². The van der Waals surface area contributed by atoms with E-state index in [4.69, 9.17) is 5.11 Å². The molecule has 2 nitrogen and oxygen atoms in total. The minimum atomic E-state index is 0.00532. The van der Waals surface area contributed by atoms with Gasteiger partial charge in [-0.25, -0.2) is 0 Å². The summed E-state index contributed by atoms with van der Waals surface area (Å²) in [6.07, 6.45) is 0. The molecule has 2 N–H and O–H groups in total. The van der Waals surface area contributed by atoms with E-state index in [0.29, 0.717) is 4.90 Å². The van der Waals surface area contributed by atoms with E-state index in [1.807, 2.05) is 11.4 Å². The fourth-order valence-electron chi connectivity index (χ4n) is 1.25.